The molecular formula is C68H107N23O15. The zero-order valence-corrected chi connectivity index (χ0v) is 60.3. The zero-order chi connectivity index (χ0) is 79.0. The Balaban J connectivity index is 1.75. The first kappa shape index (κ1) is 89.0. The van der Waals surface area contributed by atoms with Gasteiger partial charge in [-0.25, -0.2) is 0 Å². The number of carbonyl (C=O) groups excluding carboxylic acids is 13. The molecule has 0 heterocycles. The van der Waals surface area contributed by atoms with Crippen LogP contribution in [0, 0.1) is 13.8 Å². The van der Waals surface area contributed by atoms with Crippen molar-refractivity contribution in [1.82, 2.24) is 63.8 Å². The van der Waals surface area contributed by atoms with E-state index in [1.165, 1.54) is 26.0 Å². The van der Waals surface area contributed by atoms with Gasteiger partial charge in [0.25, 0.3) is 0 Å². The van der Waals surface area contributed by atoms with E-state index in [0.29, 0.717) is 42.6 Å². The standard InChI is InChI=1S/C68H107N23O15/c1-37-28-44(93)29-38(2)45(37)32-46(72)60(100)81-33-54(94)80-34-56(96)85-52(30-41-14-6-5-7-15-41)65(105)90-51(31-42-20-22-43(71)23-21-42)61(101)82-35-55(95)83-39(3)58(98)87-50(19-13-27-79-68(76)77)63(103)89-48(17-9-11-25-70)64(104)91-53(36-92)66(106)84-40(4)59(99)88-49(18-12-26-78-67(74)75)62(102)86-47(57(73)97)16-8-10-24-69/h5-7,14-15,20-23,28-29,39-40,46-53,92-93H,8-13,16-19,24-27,30-36,69-72H2,1-4H3,(H2,73,97)(H,80,94)(H,81,100)(H,82,101)(H,83,95)(H,84,106)(H,85,96)(H,86,102)(H,87,98)(H,88,99)(H,89,103)(H,90,105)(H,91,104)(H4,74,75,78)(H4,76,77,79)/t39-,40-,46-,47-,48-,49-,50-,51-,52-,53-/m0/s1. The van der Waals surface area contributed by atoms with E-state index in [9.17, 15) is 72.5 Å². The lowest BCUT2D eigenvalue weighted by atomic mass is 9.96. The number of unbranched alkanes of at least 4 members (excludes halogenated alkanes) is 2. The number of carbonyl (C=O) groups is 13. The molecule has 584 valence electrons. The van der Waals surface area contributed by atoms with E-state index in [-0.39, 0.29) is 102 Å². The molecule has 0 aliphatic rings. The van der Waals surface area contributed by atoms with Crippen LogP contribution in [0.2, 0.25) is 0 Å². The molecule has 3 aromatic carbocycles. The number of nitrogens with one attached hydrogen (secondary N) is 12. The summed E-state index contributed by atoms with van der Waals surface area (Å²) in [5.74, 6) is -11.7. The zero-order valence-electron chi connectivity index (χ0n) is 60.3. The molecule has 0 fully saturated rings. The van der Waals surface area contributed by atoms with Crippen LogP contribution in [0.1, 0.15) is 106 Å². The number of anilines is 1. The van der Waals surface area contributed by atoms with Crippen LogP contribution in [0.3, 0.4) is 0 Å². The monoisotopic (exact) mass is 1490 g/mol. The highest BCUT2D eigenvalue weighted by molar-refractivity contribution is 5.99. The maximum atomic E-state index is 14.3. The lowest BCUT2D eigenvalue weighted by Crippen LogP contribution is -2.60. The Morgan fingerprint density at radius 2 is 0.821 bits per heavy atom. The van der Waals surface area contributed by atoms with E-state index in [4.69, 9.17) is 51.6 Å². The Hall–Kier alpha value is -11.2. The van der Waals surface area contributed by atoms with Gasteiger partial charge in [-0.15, -0.1) is 0 Å². The molecule has 0 saturated heterocycles. The Morgan fingerprint density at radius 3 is 1.32 bits per heavy atom. The minimum Gasteiger partial charge on any atom is -0.508 e. The second kappa shape index (κ2) is 47.2. The fourth-order valence-corrected chi connectivity index (χ4v) is 10.5. The average molecular weight is 1490 g/mol. The summed E-state index contributed by atoms with van der Waals surface area (Å²) in [4.78, 5) is 184. The van der Waals surface area contributed by atoms with Gasteiger partial charge in [-0.1, -0.05) is 42.5 Å². The lowest BCUT2D eigenvalue weighted by Gasteiger charge is -2.26. The maximum Gasteiger partial charge on any atom is 0.245 e. The first-order valence-electron chi connectivity index (χ1n) is 34.6. The molecule has 106 heavy (non-hydrogen) atoms. The van der Waals surface area contributed by atoms with Crippen molar-refractivity contribution < 1.29 is 72.5 Å². The van der Waals surface area contributed by atoms with Gasteiger partial charge >= 0.3 is 0 Å². The van der Waals surface area contributed by atoms with Crippen LogP contribution < -0.4 is 115 Å². The Bertz CT molecular complexity index is 3480. The van der Waals surface area contributed by atoms with Crippen molar-refractivity contribution in [3.05, 3.63) is 94.5 Å². The van der Waals surface area contributed by atoms with Gasteiger partial charge in [0.1, 0.15) is 60.1 Å². The minimum atomic E-state index is -1.73. The van der Waals surface area contributed by atoms with Crippen molar-refractivity contribution in [2.75, 3.05) is 58.2 Å². The first-order chi connectivity index (χ1) is 50.2. The number of guanidine groups is 2. The number of aliphatic hydroxyl groups is 1. The molecule has 0 bridgehead atoms. The number of aliphatic imine (C=N–C) groups is 2. The molecule has 0 spiro atoms. The van der Waals surface area contributed by atoms with Gasteiger partial charge in [-0.2, -0.15) is 0 Å². The molecule has 0 radical (unpaired) electrons. The summed E-state index contributed by atoms with van der Waals surface area (Å²) < 4.78 is 0. The average Bonchev–Trinajstić information content (AvgIpc) is 0.849. The van der Waals surface area contributed by atoms with Crippen LogP contribution in [0.15, 0.2) is 76.7 Å². The number of nitrogen functional groups attached to an aromatic ring is 1. The van der Waals surface area contributed by atoms with E-state index in [1.807, 2.05) is 0 Å². The number of aliphatic hydroxyl groups excluding tert-OH is 1. The molecule has 0 aliphatic carbocycles. The molecule has 38 nitrogen and oxygen atoms in total. The summed E-state index contributed by atoms with van der Waals surface area (Å²) >= 11 is 0. The summed E-state index contributed by atoms with van der Waals surface area (Å²) in [5.41, 5.74) is 54.5. The van der Waals surface area contributed by atoms with E-state index in [2.05, 4.69) is 73.8 Å². The molecule has 10 atom stereocenters. The third-order valence-corrected chi connectivity index (χ3v) is 16.4. The number of phenols is 1. The van der Waals surface area contributed by atoms with Crippen LogP contribution in [-0.4, -0.2) is 212 Å². The van der Waals surface area contributed by atoms with Crippen molar-refractivity contribution in [1.29, 1.82) is 0 Å². The SMILES string of the molecule is Cc1cc(O)cc(C)c1C[C@H](N)C(=O)NCC(=O)NCC(=O)N[C@@H](Cc1ccccc1)C(=O)N[C@@H](Cc1ccc(N)cc1)C(=O)NCC(=O)N[C@@H](C)C(=O)N[C@@H](CCCN=C(N)N)C(=O)N[C@@H](CCCCN)C(=O)N[C@@H](CO)C(=O)N[C@@H](C)C(=O)N[C@@H](CCCN=C(N)N)C(=O)N[C@@H](CCCCN)C(N)=O. The number of nitrogens with zero attached hydrogens (tertiary/aromatic N) is 2. The van der Waals surface area contributed by atoms with Gasteiger partial charge < -0.3 is 126 Å². The molecule has 0 aliphatic heterocycles. The highest BCUT2D eigenvalue weighted by Crippen LogP contribution is 2.22. The minimum absolute atomic E-state index is 0.0238. The number of primary amides is 1. The van der Waals surface area contributed by atoms with Crippen LogP contribution in [0.4, 0.5) is 5.69 Å². The molecule has 0 saturated carbocycles. The smallest absolute Gasteiger partial charge is 0.245 e. The molecule has 0 unspecified atom stereocenters. The molecular weight excluding hydrogens is 1380 g/mol. The molecule has 32 N–H and O–H groups in total. The van der Waals surface area contributed by atoms with Gasteiger partial charge in [0.05, 0.1) is 32.3 Å². The van der Waals surface area contributed by atoms with E-state index >= 15 is 0 Å². The highest BCUT2D eigenvalue weighted by Gasteiger charge is 2.34. The van der Waals surface area contributed by atoms with Crippen LogP contribution in [0.25, 0.3) is 0 Å². The maximum absolute atomic E-state index is 14.3. The van der Waals surface area contributed by atoms with Gasteiger partial charge in [-0.05, 0) is 163 Å². The second-order valence-corrected chi connectivity index (χ2v) is 25.3. The molecule has 3 aromatic rings. The molecule has 38 heteroatoms. The normalized spacial score (nSPS) is 13.7. The fraction of sp³-hybridized carbons (Fsp3) is 0.515. The van der Waals surface area contributed by atoms with Gasteiger partial charge in [0.2, 0.25) is 76.8 Å². The largest absolute Gasteiger partial charge is 0.508 e. The summed E-state index contributed by atoms with van der Waals surface area (Å²) in [6.45, 7) is 3.62. The van der Waals surface area contributed by atoms with Crippen molar-refractivity contribution in [3.63, 3.8) is 0 Å². The van der Waals surface area contributed by atoms with Crippen molar-refractivity contribution in [2.24, 2.45) is 55.9 Å². The van der Waals surface area contributed by atoms with Crippen LogP contribution in [-0.2, 0) is 81.6 Å². The van der Waals surface area contributed by atoms with E-state index < -0.39 is 163 Å². The topological polar surface area (TPSA) is 666 Å². The number of benzene rings is 3. The van der Waals surface area contributed by atoms with E-state index in [1.54, 1.807) is 68.4 Å². The number of nitrogens with two attached hydrogens (primary N) is 9. The number of hydrogen-bond acceptors (Lipinski definition) is 21. The van der Waals surface area contributed by atoms with Gasteiger partial charge in [0.15, 0.2) is 11.9 Å². The predicted octanol–water partition coefficient (Wildman–Crippen LogP) is -7.46. The number of aromatic hydroxyl groups is 1. The first-order valence-corrected chi connectivity index (χ1v) is 34.6. The van der Waals surface area contributed by atoms with Crippen LogP contribution >= 0.6 is 0 Å². The number of rotatable bonds is 48. The highest BCUT2D eigenvalue weighted by atomic mass is 16.3. The number of phenolic OH excluding ortho intramolecular Hbond substituents is 1. The summed E-state index contributed by atoms with van der Waals surface area (Å²) in [5, 5.41) is 50.2. The Labute approximate surface area is 614 Å². The third-order valence-electron chi connectivity index (χ3n) is 16.4. The molecule has 0 aromatic heterocycles. The summed E-state index contributed by atoms with van der Waals surface area (Å²) in [7, 11) is 0. The second-order valence-electron chi connectivity index (χ2n) is 25.3. The quantitative estimate of drug-likeness (QED) is 0.0108. The third kappa shape index (κ3) is 33.9. The fourth-order valence-electron chi connectivity index (χ4n) is 10.5. The van der Waals surface area contributed by atoms with Crippen molar-refractivity contribution in [2.45, 2.75) is 172 Å². The predicted molar refractivity (Wildman–Crippen MR) is 394 cm³/mol. The van der Waals surface area contributed by atoms with Gasteiger partial charge in [-0.3, -0.25) is 72.3 Å². The number of amides is 13. The van der Waals surface area contributed by atoms with Gasteiger partial charge in [0, 0.05) is 31.6 Å². The van der Waals surface area contributed by atoms with E-state index in [0.717, 1.165) is 16.7 Å². The van der Waals surface area contributed by atoms with Crippen molar-refractivity contribution >= 4 is 94.4 Å². The summed E-state index contributed by atoms with van der Waals surface area (Å²) in [6, 6.07) is 4.24. The molecule has 3 rings (SSSR count). The van der Waals surface area contributed by atoms with Crippen LogP contribution in [0.5, 0.6) is 5.75 Å². The number of hydrogen-bond donors (Lipinski definition) is 23. The summed E-state index contributed by atoms with van der Waals surface area (Å²) in [6.07, 6.45) is 1.60. The Morgan fingerprint density at radius 1 is 0.425 bits per heavy atom. The van der Waals surface area contributed by atoms with Crippen molar-refractivity contribution in [3.8, 4) is 5.75 Å². The Kier molecular flexibility index (Phi) is 39.6. The molecule has 13 amide bonds. The lowest BCUT2D eigenvalue weighted by molar-refractivity contribution is -0.136. The number of aryl methyl sites for hydroxylation is 2.